The van der Waals surface area contributed by atoms with Crippen molar-refractivity contribution in [2.75, 3.05) is 13.7 Å². The summed E-state index contributed by atoms with van der Waals surface area (Å²) in [6.07, 6.45) is 3.69. The van der Waals surface area contributed by atoms with Crippen LogP contribution >= 0.6 is 0 Å². The molecule has 0 aromatic heterocycles. The number of carbonyl (C=O) groups is 3. The normalized spacial score (nSPS) is 20.5. The summed E-state index contributed by atoms with van der Waals surface area (Å²) in [7, 11) is 1.30. The van der Waals surface area contributed by atoms with E-state index in [2.05, 4.69) is 0 Å². The fourth-order valence-electron chi connectivity index (χ4n) is 3.45. The van der Waals surface area contributed by atoms with Gasteiger partial charge in [-0.25, -0.2) is 4.79 Å². The van der Waals surface area contributed by atoms with Gasteiger partial charge in [-0.05, 0) is 19.4 Å². The molecule has 27 heavy (non-hydrogen) atoms. The molecule has 140 valence electrons. The monoisotopic (exact) mass is 367 g/mol. The van der Waals surface area contributed by atoms with E-state index in [1.807, 2.05) is 37.3 Å². The fourth-order valence-corrected chi connectivity index (χ4v) is 3.45. The molecule has 6 heteroatoms. The fraction of sp³-hybridized carbons (Fsp3) is 0.286. The molecule has 6 nitrogen and oxygen atoms in total. The second kappa shape index (κ2) is 7.61. The number of hydrogen-bond acceptors (Lipinski definition) is 5. The SMILES string of the molecule is CCO/C(=C1\C(=O)N(C(C)=O)C2=CC(C(=O)OC)=CCC21)c1ccccc1. The lowest BCUT2D eigenvalue weighted by Crippen LogP contribution is -2.29. The highest BCUT2D eigenvalue weighted by Gasteiger charge is 2.45. The Morgan fingerprint density at radius 2 is 1.93 bits per heavy atom. The molecule has 2 aliphatic rings. The van der Waals surface area contributed by atoms with Crippen molar-refractivity contribution in [3.63, 3.8) is 0 Å². The van der Waals surface area contributed by atoms with E-state index >= 15 is 0 Å². The number of esters is 1. The third-order valence-electron chi connectivity index (χ3n) is 4.58. The minimum absolute atomic E-state index is 0.335. The van der Waals surface area contributed by atoms with E-state index < -0.39 is 17.8 Å². The van der Waals surface area contributed by atoms with Crippen molar-refractivity contribution in [3.8, 4) is 0 Å². The third-order valence-corrected chi connectivity index (χ3v) is 4.58. The van der Waals surface area contributed by atoms with Crippen LogP contribution in [0.5, 0.6) is 0 Å². The van der Waals surface area contributed by atoms with Gasteiger partial charge in [0.25, 0.3) is 5.91 Å². The number of benzene rings is 1. The zero-order valence-corrected chi connectivity index (χ0v) is 15.5. The lowest BCUT2D eigenvalue weighted by molar-refractivity contribution is -0.138. The van der Waals surface area contributed by atoms with Gasteiger partial charge in [-0.1, -0.05) is 36.4 Å². The first-order valence-electron chi connectivity index (χ1n) is 8.77. The van der Waals surface area contributed by atoms with E-state index in [1.54, 1.807) is 12.2 Å². The number of likely N-dealkylation sites (tertiary alicyclic amines) is 1. The second-order valence-electron chi connectivity index (χ2n) is 6.21. The van der Waals surface area contributed by atoms with E-state index in [4.69, 9.17) is 9.47 Å². The molecular formula is C21H21NO5. The molecule has 1 aliphatic carbocycles. The Morgan fingerprint density at radius 3 is 2.52 bits per heavy atom. The molecule has 2 amide bonds. The van der Waals surface area contributed by atoms with Gasteiger partial charge in [-0.15, -0.1) is 0 Å². The number of ether oxygens (including phenoxy) is 2. The van der Waals surface area contributed by atoms with Crippen LogP contribution in [-0.4, -0.2) is 36.4 Å². The third kappa shape index (κ3) is 3.30. The topological polar surface area (TPSA) is 72.9 Å². The standard InChI is InChI=1S/C21H21NO5/c1-4-27-19(14-8-6-5-7-9-14)18-16-11-10-15(21(25)26-3)12-17(16)22(13(2)23)20(18)24/h5-10,12,16H,4,11H2,1-3H3/b19-18-. The first kappa shape index (κ1) is 18.6. The molecule has 1 unspecified atom stereocenters. The molecule has 1 aromatic rings. The average Bonchev–Trinajstić information content (AvgIpc) is 2.97. The molecule has 1 heterocycles. The number of methoxy groups -OCH3 is 1. The molecule has 0 radical (unpaired) electrons. The Morgan fingerprint density at radius 1 is 1.22 bits per heavy atom. The van der Waals surface area contributed by atoms with E-state index in [-0.39, 0.29) is 5.92 Å². The van der Waals surface area contributed by atoms with Gasteiger partial charge in [0, 0.05) is 24.1 Å². The Labute approximate surface area is 157 Å². The highest BCUT2D eigenvalue weighted by Crippen LogP contribution is 2.43. The van der Waals surface area contributed by atoms with Crippen LogP contribution in [0.15, 0.2) is 59.3 Å². The minimum Gasteiger partial charge on any atom is -0.493 e. The quantitative estimate of drug-likeness (QED) is 0.465. The van der Waals surface area contributed by atoms with Crippen molar-refractivity contribution in [1.29, 1.82) is 0 Å². The molecule has 1 atom stereocenters. The number of carbonyl (C=O) groups excluding carboxylic acids is 3. The summed E-state index contributed by atoms with van der Waals surface area (Å²) in [5, 5.41) is 0. The summed E-state index contributed by atoms with van der Waals surface area (Å²) in [6, 6.07) is 9.34. The van der Waals surface area contributed by atoms with Gasteiger partial charge >= 0.3 is 5.97 Å². The average molecular weight is 367 g/mol. The van der Waals surface area contributed by atoms with Crippen LogP contribution in [0.1, 0.15) is 25.8 Å². The lowest BCUT2D eigenvalue weighted by Gasteiger charge is -2.20. The molecule has 1 fully saturated rings. The zero-order valence-electron chi connectivity index (χ0n) is 15.5. The Hall–Kier alpha value is -3.15. The highest BCUT2D eigenvalue weighted by molar-refractivity contribution is 6.13. The highest BCUT2D eigenvalue weighted by atomic mass is 16.5. The molecule has 3 rings (SSSR count). The Kier molecular flexibility index (Phi) is 5.26. The number of rotatable bonds is 4. The van der Waals surface area contributed by atoms with Gasteiger partial charge in [0.2, 0.25) is 5.91 Å². The van der Waals surface area contributed by atoms with Crippen LogP contribution < -0.4 is 0 Å². The van der Waals surface area contributed by atoms with Gasteiger partial charge < -0.3 is 9.47 Å². The van der Waals surface area contributed by atoms with Crippen LogP contribution in [0.2, 0.25) is 0 Å². The summed E-state index contributed by atoms with van der Waals surface area (Å²) in [6.45, 7) is 3.56. The summed E-state index contributed by atoms with van der Waals surface area (Å²) in [4.78, 5) is 38.3. The molecule has 1 saturated heterocycles. The maximum absolute atomic E-state index is 13.1. The number of hydrogen-bond donors (Lipinski definition) is 0. The maximum atomic E-state index is 13.1. The summed E-state index contributed by atoms with van der Waals surface area (Å²) < 4.78 is 10.6. The van der Waals surface area contributed by atoms with E-state index in [0.717, 1.165) is 10.5 Å². The summed E-state index contributed by atoms with van der Waals surface area (Å²) >= 11 is 0. The number of amides is 2. The van der Waals surface area contributed by atoms with Crippen LogP contribution in [0, 0.1) is 5.92 Å². The number of nitrogens with zero attached hydrogens (tertiary/aromatic N) is 1. The smallest absolute Gasteiger partial charge is 0.337 e. The van der Waals surface area contributed by atoms with Crippen molar-refractivity contribution in [2.45, 2.75) is 20.3 Å². The zero-order chi connectivity index (χ0) is 19.6. The lowest BCUT2D eigenvalue weighted by atomic mass is 9.88. The van der Waals surface area contributed by atoms with Crippen molar-refractivity contribution < 1.29 is 23.9 Å². The van der Waals surface area contributed by atoms with E-state index in [0.29, 0.717) is 35.6 Å². The van der Waals surface area contributed by atoms with Crippen LogP contribution in [0.4, 0.5) is 0 Å². The van der Waals surface area contributed by atoms with Crippen molar-refractivity contribution in [1.82, 2.24) is 4.90 Å². The van der Waals surface area contributed by atoms with Gasteiger partial charge in [-0.3, -0.25) is 14.5 Å². The van der Waals surface area contributed by atoms with Gasteiger partial charge in [-0.2, -0.15) is 0 Å². The molecule has 0 spiro atoms. The Bertz CT molecular complexity index is 879. The number of allylic oxidation sites excluding steroid dienone is 2. The molecule has 1 aliphatic heterocycles. The van der Waals surface area contributed by atoms with Crippen molar-refractivity contribution >= 4 is 23.5 Å². The van der Waals surface area contributed by atoms with E-state index in [9.17, 15) is 14.4 Å². The summed E-state index contributed by atoms with van der Waals surface area (Å²) in [5.41, 5.74) is 2.03. The first-order chi connectivity index (χ1) is 13.0. The second-order valence-corrected chi connectivity index (χ2v) is 6.21. The molecule has 0 saturated carbocycles. The van der Waals surface area contributed by atoms with Crippen molar-refractivity contribution in [3.05, 3.63) is 64.9 Å². The molecule has 1 aromatic carbocycles. The van der Waals surface area contributed by atoms with Gasteiger partial charge in [0.05, 0.1) is 24.9 Å². The molecular weight excluding hydrogens is 346 g/mol. The predicted molar refractivity (Wildman–Crippen MR) is 98.8 cm³/mol. The van der Waals surface area contributed by atoms with Crippen LogP contribution in [0.3, 0.4) is 0 Å². The van der Waals surface area contributed by atoms with Crippen molar-refractivity contribution in [2.24, 2.45) is 5.92 Å². The maximum Gasteiger partial charge on any atom is 0.337 e. The Balaban J connectivity index is 2.17. The van der Waals surface area contributed by atoms with Crippen LogP contribution in [-0.2, 0) is 23.9 Å². The van der Waals surface area contributed by atoms with Gasteiger partial charge in [0.15, 0.2) is 0 Å². The number of fused-ring (bicyclic) bond motifs is 1. The van der Waals surface area contributed by atoms with Crippen LogP contribution in [0.25, 0.3) is 5.76 Å². The minimum atomic E-state index is -0.498. The first-order valence-corrected chi connectivity index (χ1v) is 8.77. The van der Waals surface area contributed by atoms with Gasteiger partial charge in [0.1, 0.15) is 5.76 Å². The molecule has 0 N–H and O–H groups in total. The van der Waals surface area contributed by atoms with E-state index in [1.165, 1.54) is 14.0 Å². The number of imide groups is 1. The molecule has 0 bridgehead atoms. The summed E-state index contributed by atoms with van der Waals surface area (Å²) in [5.74, 6) is -1.19. The predicted octanol–water partition coefficient (Wildman–Crippen LogP) is 2.83. The largest absolute Gasteiger partial charge is 0.493 e.